The SMILES string of the molecule is COc1cccc(CNC(=O)COc2ccc(C#N)cc2Cl)c1. The Morgan fingerprint density at radius 2 is 2.13 bits per heavy atom. The molecule has 5 nitrogen and oxygen atoms in total. The van der Waals surface area contributed by atoms with Crippen LogP contribution in [0, 0.1) is 11.3 Å². The molecule has 0 radical (unpaired) electrons. The van der Waals surface area contributed by atoms with Crippen molar-refractivity contribution in [3.8, 4) is 17.6 Å². The van der Waals surface area contributed by atoms with Crippen LogP contribution in [0.2, 0.25) is 5.02 Å². The molecule has 1 N–H and O–H groups in total. The second kappa shape index (κ2) is 8.06. The number of nitrogens with one attached hydrogen (secondary N) is 1. The lowest BCUT2D eigenvalue weighted by atomic mass is 10.2. The number of hydrogen-bond acceptors (Lipinski definition) is 4. The molecule has 1 amide bonds. The lowest BCUT2D eigenvalue weighted by Gasteiger charge is -2.09. The molecule has 2 rings (SSSR count). The number of hydrogen-bond donors (Lipinski definition) is 1. The Bertz CT molecular complexity index is 741. The van der Waals surface area contributed by atoms with Crippen molar-refractivity contribution in [2.75, 3.05) is 13.7 Å². The molecule has 0 bridgehead atoms. The third-order valence-electron chi connectivity index (χ3n) is 3.04. The normalized spacial score (nSPS) is 9.78. The van der Waals surface area contributed by atoms with Gasteiger partial charge in [-0.3, -0.25) is 4.79 Å². The van der Waals surface area contributed by atoms with E-state index in [1.165, 1.54) is 6.07 Å². The predicted molar refractivity (Wildman–Crippen MR) is 86.5 cm³/mol. The van der Waals surface area contributed by atoms with Crippen LogP contribution >= 0.6 is 11.6 Å². The van der Waals surface area contributed by atoms with Gasteiger partial charge in [-0.05, 0) is 35.9 Å². The number of methoxy groups -OCH3 is 1. The molecule has 2 aromatic carbocycles. The summed E-state index contributed by atoms with van der Waals surface area (Å²) in [5, 5.41) is 11.8. The zero-order valence-electron chi connectivity index (χ0n) is 12.5. The van der Waals surface area contributed by atoms with Crippen molar-refractivity contribution in [1.29, 1.82) is 5.26 Å². The molecular formula is C17H15ClN2O3. The summed E-state index contributed by atoms with van der Waals surface area (Å²) in [7, 11) is 1.59. The third-order valence-corrected chi connectivity index (χ3v) is 3.34. The Labute approximate surface area is 139 Å². The maximum atomic E-state index is 11.8. The number of amides is 1. The zero-order valence-corrected chi connectivity index (χ0v) is 13.3. The monoisotopic (exact) mass is 330 g/mol. The number of nitrogens with zero attached hydrogens (tertiary/aromatic N) is 1. The fraction of sp³-hybridized carbons (Fsp3) is 0.176. The number of halogens is 1. The third kappa shape index (κ3) is 4.90. The lowest BCUT2D eigenvalue weighted by Crippen LogP contribution is -2.28. The first-order valence-corrected chi connectivity index (χ1v) is 7.22. The smallest absolute Gasteiger partial charge is 0.258 e. The van der Waals surface area contributed by atoms with Crippen LogP contribution in [-0.4, -0.2) is 19.6 Å². The summed E-state index contributed by atoms with van der Waals surface area (Å²) in [5.41, 5.74) is 1.36. The average molecular weight is 331 g/mol. The van der Waals surface area contributed by atoms with Gasteiger partial charge in [0.1, 0.15) is 11.5 Å². The summed E-state index contributed by atoms with van der Waals surface area (Å²) in [6, 6.07) is 14.0. The Morgan fingerprint density at radius 3 is 2.83 bits per heavy atom. The van der Waals surface area contributed by atoms with Gasteiger partial charge in [0.15, 0.2) is 6.61 Å². The van der Waals surface area contributed by atoms with Crippen molar-refractivity contribution < 1.29 is 14.3 Å². The van der Waals surface area contributed by atoms with Gasteiger partial charge >= 0.3 is 0 Å². The van der Waals surface area contributed by atoms with Crippen LogP contribution in [0.4, 0.5) is 0 Å². The van der Waals surface area contributed by atoms with E-state index in [0.29, 0.717) is 22.9 Å². The Morgan fingerprint density at radius 1 is 1.30 bits per heavy atom. The van der Waals surface area contributed by atoms with E-state index in [9.17, 15) is 4.79 Å². The molecule has 0 aromatic heterocycles. The van der Waals surface area contributed by atoms with Gasteiger partial charge in [0, 0.05) is 6.54 Å². The van der Waals surface area contributed by atoms with Crippen molar-refractivity contribution in [1.82, 2.24) is 5.32 Å². The largest absolute Gasteiger partial charge is 0.497 e. The van der Waals surface area contributed by atoms with Crippen LogP contribution in [0.3, 0.4) is 0 Å². The summed E-state index contributed by atoms with van der Waals surface area (Å²) in [5.74, 6) is 0.827. The molecule has 2 aromatic rings. The van der Waals surface area contributed by atoms with E-state index in [-0.39, 0.29) is 12.5 Å². The molecule has 0 atom stereocenters. The summed E-state index contributed by atoms with van der Waals surface area (Å²) in [6.07, 6.45) is 0. The molecule has 118 valence electrons. The van der Waals surface area contributed by atoms with Crippen molar-refractivity contribution in [2.45, 2.75) is 6.54 Å². The number of rotatable bonds is 6. The quantitative estimate of drug-likeness (QED) is 0.884. The molecule has 0 aliphatic heterocycles. The van der Waals surface area contributed by atoms with Gasteiger partial charge in [0.2, 0.25) is 0 Å². The molecule has 0 saturated heterocycles. The van der Waals surface area contributed by atoms with Crippen LogP contribution in [0.25, 0.3) is 0 Å². The fourth-order valence-electron chi connectivity index (χ4n) is 1.86. The van der Waals surface area contributed by atoms with Crippen molar-refractivity contribution in [2.24, 2.45) is 0 Å². The minimum absolute atomic E-state index is 0.157. The van der Waals surface area contributed by atoms with E-state index < -0.39 is 0 Å². The summed E-state index contributed by atoms with van der Waals surface area (Å²) in [4.78, 5) is 11.8. The predicted octanol–water partition coefficient (Wildman–Crippen LogP) is 2.92. The lowest BCUT2D eigenvalue weighted by molar-refractivity contribution is -0.123. The molecule has 0 aliphatic carbocycles. The number of nitriles is 1. The first-order valence-electron chi connectivity index (χ1n) is 6.84. The van der Waals surface area contributed by atoms with Crippen LogP contribution in [0.15, 0.2) is 42.5 Å². The number of carbonyl (C=O) groups is 1. The van der Waals surface area contributed by atoms with E-state index in [1.54, 1.807) is 19.2 Å². The van der Waals surface area contributed by atoms with Crippen molar-refractivity contribution in [3.05, 3.63) is 58.6 Å². The second-order valence-electron chi connectivity index (χ2n) is 4.67. The number of benzene rings is 2. The van der Waals surface area contributed by atoms with Crippen LogP contribution in [0.1, 0.15) is 11.1 Å². The molecule has 0 heterocycles. The van der Waals surface area contributed by atoms with Gasteiger partial charge in [0.25, 0.3) is 5.91 Å². The zero-order chi connectivity index (χ0) is 16.7. The summed E-state index contributed by atoms with van der Waals surface area (Å²) < 4.78 is 10.5. The highest BCUT2D eigenvalue weighted by molar-refractivity contribution is 6.32. The van der Waals surface area contributed by atoms with E-state index in [1.807, 2.05) is 30.3 Å². The molecule has 0 saturated carbocycles. The Balaban J connectivity index is 1.84. The first-order chi connectivity index (χ1) is 11.1. The van der Waals surface area contributed by atoms with E-state index in [2.05, 4.69) is 5.32 Å². The van der Waals surface area contributed by atoms with Gasteiger partial charge in [-0.25, -0.2) is 0 Å². The van der Waals surface area contributed by atoms with E-state index in [4.69, 9.17) is 26.3 Å². The van der Waals surface area contributed by atoms with Crippen LogP contribution < -0.4 is 14.8 Å². The highest BCUT2D eigenvalue weighted by Gasteiger charge is 2.07. The highest BCUT2D eigenvalue weighted by Crippen LogP contribution is 2.25. The standard InChI is InChI=1S/C17H15ClN2O3/c1-22-14-4-2-3-13(7-14)10-20-17(21)11-23-16-6-5-12(9-19)8-15(16)18/h2-8H,10-11H2,1H3,(H,20,21). The maximum absolute atomic E-state index is 11.8. The Kier molecular flexibility index (Phi) is 5.84. The van der Waals surface area contributed by atoms with E-state index >= 15 is 0 Å². The molecule has 0 aliphatic rings. The first kappa shape index (κ1) is 16.7. The molecule has 23 heavy (non-hydrogen) atoms. The summed E-state index contributed by atoms with van der Waals surface area (Å²) >= 11 is 5.98. The average Bonchev–Trinajstić information content (AvgIpc) is 2.59. The highest BCUT2D eigenvalue weighted by atomic mass is 35.5. The van der Waals surface area contributed by atoms with Gasteiger partial charge < -0.3 is 14.8 Å². The van der Waals surface area contributed by atoms with E-state index in [0.717, 1.165) is 11.3 Å². The topological polar surface area (TPSA) is 71.3 Å². The Hall–Kier alpha value is -2.71. The van der Waals surface area contributed by atoms with Crippen LogP contribution in [0.5, 0.6) is 11.5 Å². The van der Waals surface area contributed by atoms with Crippen molar-refractivity contribution >= 4 is 17.5 Å². The number of ether oxygens (including phenoxy) is 2. The molecule has 0 spiro atoms. The minimum Gasteiger partial charge on any atom is -0.497 e. The molecule has 0 fully saturated rings. The van der Waals surface area contributed by atoms with Gasteiger partial charge in [-0.2, -0.15) is 5.26 Å². The molecule has 6 heteroatoms. The molecular weight excluding hydrogens is 316 g/mol. The number of carbonyl (C=O) groups excluding carboxylic acids is 1. The van der Waals surface area contributed by atoms with Gasteiger partial charge in [0.05, 0.1) is 23.8 Å². The van der Waals surface area contributed by atoms with Gasteiger partial charge in [-0.15, -0.1) is 0 Å². The summed E-state index contributed by atoms with van der Waals surface area (Å²) in [6.45, 7) is 0.218. The van der Waals surface area contributed by atoms with Crippen molar-refractivity contribution in [3.63, 3.8) is 0 Å². The van der Waals surface area contributed by atoms with Crippen LogP contribution in [-0.2, 0) is 11.3 Å². The van der Waals surface area contributed by atoms with Gasteiger partial charge in [-0.1, -0.05) is 23.7 Å². The minimum atomic E-state index is -0.270. The maximum Gasteiger partial charge on any atom is 0.258 e. The second-order valence-corrected chi connectivity index (χ2v) is 5.08. The molecule has 0 unspecified atom stereocenters. The fourth-order valence-corrected chi connectivity index (χ4v) is 2.10.